The van der Waals surface area contributed by atoms with Crippen LogP contribution in [-0.2, 0) is 19.5 Å². The van der Waals surface area contributed by atoms with Crippen LogP contribution >= 0.6 is 0 Å². The van der Waals surface area contributed by atoms with Gasteiger partial charge in [0.2, 0.25) is 0 Å². The molecule has 1 N–H and O–H groups in total. The molecule has 0 atom stereocenters. The van der Waals surface area contributed by atoms with Gasteiger partial charge in [0, 0.05) is 19.4 Å². The molecule has 4 rings (SSSR count). The topological polar surface area (TPSA) is 77.1 Å². The van der Waals surface area contributed by atoms with Crippen LogP contribution in [-0.4, -0.2) is 25.4 Å². The Balaban J connectivity index is 1.54. The molecule has 1 saturated carbocycles. The van der Waals surface area contributed by atoms with Crippen LogP contribution in [0.5, 0.6) is 0 Å². The standard InChI is InChI=1S/C28H31N3O3/c1-2-3-13-26-29-31(19-18-21-9-5-4-6-10-21)28(34)30(26)20-22-14-16-23(17-15-22)24-11-7-8-12-25(24)27(32)33/h1,7-8,11-12,14-17,21H,3-6,9-10,13,18-20H2,(H,32,33). The molecule has 0 saturated heterocycles. The fourth-order valence-electron chi connectivity index (χ4n) is 4.83. The van der Waals surface area contributed by atoms with Gasteiger partial charge in [-0.25, -0.2) is 14.3 Å². The predicted molar refractivity (Wildman–Crippen MR) is 133 cm³/mol. The second-order valence-corrected chi connectivity index (χ2v) is 9.05. The Morgan fingerprint density at radius 1 is 1.09 bits per heavy atom. The molecular weight excluding hydrogens is 426 g/mol. The van der Waals surface area contributed by atoms with Crippen LogP contribution in [0.25, 0.3) is 11.1 Å². The lowest BCUT2D eigenvalue weighted by molar-refractivity contribution is 0.0697. The largest absolute Gasteiger partial charge is 0.478 e. The zero-order valence-electron chi connectivity index (χ0n) is 19.4. The summed E-state index contributed by atoms with van der Waals surface area (Å²) >= 11 is 0. The second kappa shape index (κ2) is 11.0. The minimum Gasteiger partial charge on any atom is -0.478 e. The van der Waals surface area contributed by atoms with Crippen molar-refractivity contribution in [3.05, 3.63) is 76.0 Å². The first kappa shape index (κ1) is 23.6. The molecule has 0 spiro atoms. The number of terminal acetylenes is 1. The quantitative estimate of drug-likeness (QED) is 0.459. The van der Waals surface area contributed by atoms with E-state index in [1.807, 2.05) is 30.3 Å². The Labute approximate surface area is 200 Å². The normalized spacial score (nSPS) is 14.1. The molecule has 1 heterocycles. The number of aryl methyl sites for hydroxylation is 2. The summed E-state index contributed by atoms with van der Waals surface area (Å²) in [6.45, 7) is 1.05. The molecule has 6 nitrogen and oxygen atoms in total. The predicted octanol–water partition coefficient (Wildman–Crippen LogP) is 4.99. The maximum Gasteiger partial charge on any atom is 0.346 e. The molecule has 2 aromatic carbocycles. The van der Waals surface area contributed by atoms with E-state index in [0.717, 1.165) is 17.5 Å². The molecule has 6 heteroatoms. The van der Waals surface area contributed by atoms with Crippen molar-refractivity contribution in [2.75, 3.05) is 0 Å². The summed E-state index contributed by atoms with van der Waals surface area (Å²) in [6, 6.07) is 14.6. The minimum absolute atomic E-state index is 0.0943. The highest BCUT2D eigenvalue weighted by Gasteiger charge is 2.17. The van der Waals surface area contributed by atoms with Crippen LogP contribution in [0.15, 0.2) is 53.3 Å². The minimum atomic E-state index is -0.954. The summed E-state index contributed by atoms with van der Waals surface area (Å²) in [7, 11) is 0. The smallest absolute Gasteiger partial charge is 0.346 e. The Bertz CT molecular complexity index is 1230. The first-order valence-corrected chi connectivity index (χ1v) is 12.1. The third-order valence-corrected chi connectivity index (χ3v) is 6.73. The number of hydrogen-bond donors (Lipinski definition) is 1. The fraction of sp³-hybridized carbons (Fsp3) is 0.393. The molecule has 3 aromatic rings. The molecule has 0 aliphatic heterocycles. The van der Waals surface area contributed by atoms with E-state index in [4.69, 9.17) is 6.42 Å². The Morgan fingerprint density at radius 2 is 1.82 bits per heavy atom. The van der Waals surface area contributed by atoms with Gasteiger partial charge in [-0.15, -0.1) is 12.3 Å². The number of carboxylic acids is 1. The lowest BCUT2D eigenvalue weighted by Crippen LogP contribution is -2.27. The summed E-state index contributed by atoms with van der Waals surface area (Å²) in [6.07, 6.45) is 13.9. The third-order valence-electron chi connectivity index (χ3n) is 6.73. The van der Waals surface area contributed by atoms with Gasteiger partial charge in [0.15, 0.2) is 0 Å². The van der Waals surface area contributed by atoms with Crippen LogP contribution in [0, 0.1) is 18.3 Å². The van der Waals surface area contributed by atoms with Gasteiger partial charge in [0.1, 0.15) is 5.82 Å². The zero-order chi connectivity index (χ0) is 23.9. The number of hydrogen-bond acceptors (Lipinski definition) is 3. The Hall–Kier alpha value is -3.59. The molecule has 176 valence electrons. The summed E-state index contributed by atoms with van der Waals surface area (Å²) in [4.78, 5) is 24.7. The molecule has 0 unspecified atom stereocenters. The highest BCUT2D eigenvalue weighted by atomic mass is 16.4. The number of carboxylic acid groups (broad SMARTS) is 1. The summed E-state index contributed by atoms with van der Waals surface area (Å²) in [5.41, 5.74) is 2.62. The Kier molecular flexibility index (Phi) is 7.64. The van der Waals surface area contributed by atoms with E-state index in [1.165, 1.54) is 32.1 Å². The van der Waals surface area contributed by atoms with Crippen molar-refractivity contribution in [2.24, 2.45) is 5.92 Å². The van der Waals surface area contributed by atoms with Crippen molar-refractivity contribution in [2.45, 2.75) is 64.5 Å². The zero-order valence-corrected chi connectivity index (χ0v) is 19.4. The number of benzene rings is 2. The van der Waals surface area contributed by atoms with Gasteiger partial charge in [0.05, 0.1) is 12.1 Å². The number of rotatable bonds is 9. The van der Waals surface area contributed by atoms with Crippen LogP contribution in [0.1, 0.15) is 66.7 Å². The first-order chi connectivity index (χ1) is 16.6. The molecular formula is C28H31N3O3. The van der Waals surface area contributed by atoms with Gasteiger partial charge in [-0.05, 0) is 35.1 Å². The summed E-state index contributed by atoms with van der Waals surface area (Å²) in [5, 5.41) is 14.1. The van der Waals surface area contributed by atoms with Gasteiger partial charge in [-0.3, -0.25) is 4.57 Å². The highest BCUT2D eigenvalue weighted by molar-refractivity contribution is 5.95. The first-order valence-electron chi connectivity index (χ1n) is 12.1. The summed E-state index contributed by atoms with van der Waals surface area (Å²) in [5.74, 6) is 3.09. The van der Waals surface area contributed by atoms with Crippen molar-refractivity contribution >= 4 is 5.97 Å². The average Bonchev–Trinajstić information content (AvgIpc) is 3.16. The molecule has 0 amide bonds. The fourth-order valence-corrected chi connectivity index (χ4v) is 4.83. The van der Waals surface area contributed by atoms with Gasteiger partial charge in [-0.2, -0.15) is 5.10 Å². The lowest BCUT2D eigenvalue weighted by Gasteiger charge is -2.20. The number of aromatic nitrogens is 3. The van der Waals surface area contributed by atoms with Crippen LogP contribution in [0.4, 0.5) is 0 Å². The molecule has 0 radical (unpaired) electrons. The van der Waals surface area contributed by atoms with Gasteiger partial charge >= 0.3 is 11.7 Å². The van der Waals surface area contributed by atoms with Crippen molar-refractivity contribution in [3.8, 4) is 23.5 Å². The van der Waals surface area contributed by atoms with Crippen molar-refractivity contribution < 1.29 is 9.90 Å². The molecule has 0 bridgehead atoms. The van der Waals surface area contributed by atoms with E-state index in [2.05, 4.69) is 11.0 Å². The van der Waals surface area contributed by atoms with Crippen LogP contribution < -0.4 is 5.69 Å². The van der Waals surface area contributed by atoms with E-state index in [-0.39, 0.29) is 11.3 Å². The SMILES string of the molecule is C#CCCc1nn(CCC2CCCCC2)c(=O)n1Cc1ccc(-c2ccccc2C(=O)O)cc1. The molecule has 1 aromatic heterocycles. The summed E-state index contributed by atoms with van der Waals surface area (Å²) < 4.78 is 3.33. The van der Waals surface area contributed by atoms with E-state index in [9.17, 15) is 14.7 Å². The maximum atomic E-state index is 13.2. The van der Waals surface area contributed by atoms with Gasteiger partial charge in [-0.1, -0.05) is 74.6 Å². The maximum absolute atomic E-state index is 13.2. The van der Waals surface area contributed by atoms with Crippen molar-refractivity contribution in [1.82, 2.24) is 14.3 Å². The van der Waals surface area contributed by atoms with Crippen molar-refractivity contribution in [3.63, 3.8) is 0 Å². The Morgan fingerprint density at radius 3 is 2.53 bits per heavy atom. The number of aromatic carboxylic acids is 1. The number of carbonyl (C=O) groups is 1. The van der Waals surface area contributed by atoms with E-state index >= 15 is 0 Å². The molecule has 1 aliphatic rings. The molecule has 1 fully saturated rings. The average molecular weight is 458 g/mol. The second-order valence-electron chi connectivity index (χ2n) is 9.05. The lowest BCUT2D eigenvalue weighted by atomic mass is 9.87. The van der Waals surface area contributed by atoms with E-state index in [0.29, 0.717) is 43.2 Å². The van der Waals surface area contributed by atoms with E-state index in [1.54, 1.807) is 27.4 Å². The molecule has 34 heavy (non-hydrogen) atoms. The van der Waals surface area contributed by atoms with E-state index < -0.39 is 5.97 Å². The van der Waals surface area contributed by atoms with Crippen LogP contribution in [0.2, 0.25) is 0 Å². The highest BCUT2D eigenvalue weighted by Crippen LogP contribution is 2.27. The number of nitrogens with zero attached hydrogens (tertiary/aromatic N) is 3. The van der Waals surface area contributed by atoms with Gasteiger partial charge < -0.3 is 5.11 Å². The molecule has 1 aliphatic carbocycles. The third kappa shape index (κ3) is 5.48. The van der Waals surface area contributed by atoms with Gasteiger partial charge in [0.25, 0.3) is 0 Å². The van der Waals surface area contributed by atoms with Crippen molar-refractivity contribution in [1.29, 1.82) is 0 Å². The monoisotopic (exact) mass is 457 g/mol. The van der Waals surface area contributed by atoms with Crippen LogP contribution in [0.3, 0.4) is 0 Å².